The van der Waals surface area contributed by atoms with Crippen LogP contribution in [0, 0.1) is 0 Å². The van der Waals surface area contributed by atoms with Crippen LogP contribution in [0.2, 0.25) is 0 Å². The van der Waals surface area contributed by atoms with Crippen molar-refractivity contribution in [2.24, 2.45) is 0 Å². The Morgan fingerprint density at radius 2 is 1.86 bits per heavy atom. The molecule has 2 rings (SSSR count). The van der Waals surface area contributed by atoms with Gasteiger partial charge in [0.15, 0.2) is 0 Å². The smallest absolute Gasteiger partial charge is 0.352 e. The molecule has 0 unspecified atom stereocenters. The van der Waals surface area contributed by atoms with Gasteiger partial charge in [-0.2, -0.15) is 0 Å². The zero-order valence-electron chi connectivity index (χ0n) is 7.06. The lowest BCUT2D eigenvalue weighted by atomic mass is 10.2. The lowest BCUT2D eigenvalue weighted by Crippen LogP contribution is -1.94. The first kappa shape index (κ1) is 12.8. The second kappa shape index (κ2) is 4.88. The average Bonchev–Trinajstić information content (AvgIpc) is 2.46. The lowest BCUT2D eigenvalue weighted by molar-refractivity contribution is 0.0691. The van der Waals surface area contributed by atoms with Crippen molar-refractivity contribution in [2.75, 3.05) is 0 Å². The van der Waals surface area contributed by atoms with Crippen molar-refractivity contribution >= 4 is 41.7 Å². The first-order chi connectivity index (χ1) is 5.77. The zero-order valence-corrected chi connectivity index (χ0v) is 8.69. The Bertz CT molecular complexity index is 406. The number of carboxylic acid groups (broad SMARTS) is 1. The molecule has 1 heterocycles. The quantitative estimate of drug-likeness (QED) is 0.796. The Balaban J connectivity index is 0.000000845. The van der Waals surface area contributed by atoms with Crippen LogP contribution in [0.3, 0.4) is 0 Å². The third-order valence-electron chi connectivity index (χ3n) is 1.76. The van der Waals surface area contributed by atoms with E-state index in [9.17, 15) is 4.79 Å². The molecule has 0 aliphatic carbocycles. The largest absolute Gasteiger partial charge is 0.477 e. The van der Waals surface area contributed by atoms with Crippen LogP contribution in [0.4, 0.5) is 0 Å². The molecule has 0 spiro atoms. The number of aromatic amines is 1. The van der Waals surface area contributed by atoms with Crippen LogP contribution >= 0.6 is 24.8 Å². The minimum atomic E-state index is -0.925. The molecule has 0 amide bonds. The van der Waals surface area contributed by atoms with Gasteiger partial charge in [-0.1, -0.05) is 18.2 Å². The summed E-state index contributed by atoms with van der Waals surface area (Å²) in [6.07, 6.45) is 0. The molecular formula is C9H9Cl2NO2. The van der Waals surface area contributed by atoms with Crippen molar-refractivity contribution in [1.29, 1.82) is 0 Å². The molecule has 0 fully saturated rings. The highest BCUT2D eigenvalue weighted by atomic mass is 35.5. The third kappa shape index (κ3) is 2.19. The number of halogens is 2. The van der Waals surface area contributed by atoms with Gasteiger partial charge in [-0.3, -0.25) is 0 Å². The van der Waals surface area contributed by atoms with E-state index in [1.54, 1.807) is 6.07 Å². The van der Waals surface area contributed by atoms with Gasteiger partial charge in [0.05, 0.1) is 0 Å². The number of aromatic carboxylic acids is 1. The predicted octanol–water partition coefficient (Wildman–Crippen LogP) is 2.71. The Morgan fingerprint density at radius 3 is 2.43 bits per heavy atom. The van der Waals surface area contributed by atoms with Gasteiger partial charge in [0, 0.05) is 10.9 Å². The number of fused-ring (bicyclic) bond motifs is 1. The van der Waals surface area contributed by atoms with Crippen LogP contribution in [0.15, 0.2) is 30.3 Å². The van der Waals surface area contributed by atoms with Crippen molar-refractivity contribution in [3.05, 3.63) is 36.0 Å². The van der Waals surface area contributed by atoms with E-state index in [1.807, 2.05) is 24.3 Å². The Kier molecular flexibility index (Phi) is 4.47. The molecule has 5 heteroatoms. The number of rotatable bonds is 1. The van der Waals surface area contributed by atoms with E-state index in [4.69, 9.17) is 5.11 Å². The molecule has 3 nitrogen and oxygen atoms in total. The van der Waals surface area contributed by atoms with E-state index in [0.29, 0.717) is 0 Å². The predicted molar refractivity (Wildman–Crippen MR) is 59.8 cm³/mol. The van der Waals surface area contributed by atoms with Gasteiger partial charge in [-0.25, -0.2) is 4.79 Å². The molecule has 2 aromatic rings. The third-order valence-corrected chi connectivity index (χ3v) is 1.76. The van der Waals surface area contributed by atoms with E-state index in [0.717, 1.165) is 10.9 Å². The van der Waals surface area contributed by atoms with Gasteiger partial charge < -0.3 is 10.1 Å². The van der Waals surface area contributed by atoms with Crippen molar-refractivity contribution in [3.8, 4) is 0 Å². The fraction of sp³-hybridized carbons (Fsp3) is 0. The van der Waals surface area contributed by atoms with Crippen molar-refractivity contribution in [1.82, 2.24) is 4.98 Å². The maximum atomic E-state index is 10.5. The maximum absolute atomic E-state index is 10.5. The molecule has 2 N–H and O–H groups in total. The average molecular weight is 234 g/mol. The number of hydrogen-bond acceptors (Lipinski definition) is 1. The standard InChI is InChI=1S/C9H7NO2.2ClH/c11-9(12)8-5-6-3-1-2-4-7(6)10-8;;/h1-5,10H,(H,11,12);2*1H. The fourth-order valence-corrected chi connectivity index (χ4v) is 1.19. The summed E-state index contributed by atoms with van der Waals surface area (Å²) in [7, 11) is 0. The molecule has 0 radical (unpaired) electrons. The lowest BCUT2D eigenvalue weighted by Gasteiger charge is -1.84. The minimum Gasteiger partial charge on any atom is -0.477 e. The number of aromatic nitrogens is 1. The molecular weight excluding hydrogens is 225 g/mol. The van der Waals surface area contributed by atoms with E-state index < -0.39 is 5.97 Å². The van der Waals surface area contributed by atoms with Gasteiger partial charge in [-0.15, -0.1) is 24.8 Å². The molecule has 1 aromatic carbocycles. The summed E-state index contributed by atoms with van der Waals surface area (Å²) in [6.45, 7) is 0. The molecule has 0 aliphatic heterocycles. The molecule has 1 aromatic heterocycles. The highest BCUT2D eigenvalue weighted by Crippen LogP contribution is 2.13. The van der Waals surface area contributed by atoms with Gasteiger partial charge in [0.2, 0.25) is 0 Å². The summed E-state index contributed by atoms with van der Waals surface area (Å²) in [6, 6.07) is 9.09. The van der Waals surface area contributed by atoms with Gasteiger partial charge in [0.1, 0.15) is 5.69 Å². The van der Waals surface area contributed by atoms with Crippen LogP contribution in [0.1, 0.15) is 10.5 Å². The highest BCUT2D eigenvalue weighted by Gasteiger charge is 2.05. The van der Waals surface area contributed by atoms with Gasteiger partial charge in [-0.05, 0) is 12.1 Å². The van der Waals surface area contributed by atoms with Gasteiger partial charge in [0.25, 0.3) is 0 Å². The Morgan fingerprint density at radius 1 is 1.21 bits per heavy atom. The summed E-state index contributed by atoms with van der Waals surface area (Å²) < 4.78 is 0. The number of carboxylic acids is 1. The molecule has 0 atom stereocenters. The first-order valence-corrected chi connectivity index (χ1v) is 3.58. The van der Waals surface area contributed by atoms with Crippen molar-refractivity contribution in [3.63, 3.8) is 0 Å². The molecule has 0 saturated carbocycles. The van der Waals surface area contributed by atoms with Crippen molar-refractivity contribution in [2.45, 2.75) is 0 Å². The van der Waals surface area contributed by atoms with Crippen LogP contribution in [-0.4, -0.2) is 16.1 Å². The summed E-state index contributed by atoms with van der Waals surface area (Å²) in [4.78, 5) is 13.3. The molecule has 0 aliphatic rings. The maximum Gasteiger partial charge on any atom is 0.352 e. The van der Waals surface area contributed by atoms with E-state index in [-0.39, 0.29) is 30.5 Å². The van der Waals surface area contributed by atoms with E-state index in [1.165, 1.54) is 0 Å². The number of nitrogens with one attached hydrogen (secondary N) is 1. The second-order valence-corrected chi connectivity index (χ2v) is 2.58. The van der Waals surface area contributed by atoms with Crippen LogP contribution in [-0.2, 0) is 0 Å². The Labute approximate surface area is 92.9 Å². The summed E-state index contributed by atoms with van der Waals surface area (Å²) in [5, 5.41) is 9.58. The zero-order chi connectivity index (χ0) is 8.55. The summed E-state index contributed by atoms with van der Waals surface area (Å²) >= 11 is 0. The summed E-state index contributed by atoms with van der Waals surface area (Å²) in [5.41, 5.74) is 1.09. The van der Waals surface area contributed by atoms with E-state index >= 15 is 0 Å². The van der Waals surface area contributed by atoms with E-state index in [2.05, 4.69) is 4.98 Å². The second-order valence-electron chi connectivity index (χ2n) is 2.58. The van der Waals surface area contributed by atoms with Gasteiger partial charge >= 0.3 is 5.97 Å². The van der Waals surface area contributed by atoms with Crippen LogP contribution in [0.5, 0.6) is 0 Å². The summed E-state index contributed by atoms with van der Waals surface area (Å²) in [5.74, 6) is -0.925. The SMILES string of the molecule is Cl.Cl.O=C(O)c1cc2ccccc2[nH]1. The molecule has 14 heavy (non-hydrogen) atoms. The molecule has 0 bridgehead atoms. The number of hydrogen-bond donors (Lipinski definition) is 2. The number of H-pyrrole nitrogens is 1. The Hall–Kier alpha value is -1.19. The topological polar surface area (TPSA) is 53.1 Å². The fourth-order valence-electron chi connectivity index (χ4n) is 1.19. The highest BCUT2D eigenvalue weighted by molar-refractivity contribution is 5.93. The number of benzene rings is 1. The molecule has 76 valence electrons. The van der Waals surface area contributed by atoms with Crippen LogP contribution < -0.4 is 0 Å². The molecule has 0 saturated heterocycles. The normalized spacial score (nSPS) is 8.86. The number of carbonyl (C=O) groups is 1. The number of para-hydroxylation sites is 1. The minimum absolute atomic E-state index is 0. The monoisotopic (exact) mass is 233 g/mol. The first-order valence-electron chi connectivity index (χ1n) is 3.58. The van der Waals surface area contributed by atoms with Crippen molar-refractivity contribution < 1.29 is 9.90 Å². The van der Waals surface area contributed by atoms with Crippen LogP contribution in [0.25, 0.3) is 10.9 Å².